The first-order valence-corrected chi connectivity index (χ1v) is 9.11. The van der Waals surface area contributed by atoms with Crippen LogP contribution >= 0.6 is 11.6 Å². The number of nitrogens with two attached hydrogens (primary N) is 1. The molecule has 4 N–H and O–H groups in total. The average molecular weight is 362 g/mol. The summed E-state index contributed by atoms with van der Waals surface area (Å²) >= 11 is 6.05. The van der Waals surface area contributed by atoms with E-state index in [1.165, 1.54) is 0 Å². The van der Waals surface area contributed by atoms with E-state index >= 15 is 0 Å². The van der Waals surface area contributed by atoms with E-state index in [1.807, 2.05) is 31.2 Å². The Labute approximate surface area is 153 Å². The minimum absolute atomic E-state index is 0.0740. The van der Waals surface area contributed by atoms with Gasteiger partial charge in [0.05, 0.1) is 17.2 Å². The molecular formula is C19H24ClN3O2. The molecule has 2 aliphatic rings. The fraction of sp³-hybridized carbons (Fsp3) is 0.474. The summed E-state index contributed by atoms with van der Waals surface area (Å²) in [5.74, 6) is -0.324. The second-order valence-corrected chi connectivity index (χ2v) is 7.11. The fourth-order valence-corrected chi connectivity index (χ4v) is 3.64. The molecule has 1 aromatic rings. The predicted molar refractivity (Wildman–Crippen MR) is 98.9 cm³/mol. The first kappa shape index (κ1) is 18.1. The molecule has 3 atom stereocenters. The quantitative estimate of drug-likeness (QED) is 0.651. The van der Waals surface area contributed by atoms with Crippen molar-refractivity contribution >= 4 is 23.1 Å². The summed E-state index contributed by atoms with van der Waals surface area (Å²) in [6, 6.07) is 8.23. The molecule has 0 aliphatic carbocycles. The smallest absolute Gasteiger partial charge is 0.186 e. The Kier molecular flexibility index (Phi) is 5.57. The maximum Gasteiger partial charge on any atom is 0.186 e. The van der Waals surface area contributed by atoms with Crippen LogP contribution in [0.15, 0.2) is 35.0 Å². The summed E-state index contributed by atoms with van der Waals surface area (Å²) in [7, 11) is 0. The number of rotatable bonds is 7. The number of carbonyl (C=O) groups is 1. The average Bonchev–Trinajstić information content (AvgIpc) is 3.24. The van der Waals surface area contributed by atoms with E-state index in [2.05, 4.69) is 5.32 Å². The lowest BCUT2D eigenvalue weighted by atomic mass is 9.99. The molecule has 3 rings (SSSR count). The molecule has 6 heteroatoms. The molecule has 5 nitrogen and oxygen atoms in total. The molecule has 134 valence electrons. The van der Waals surface area contributed by atoms with Gasteiger partial charge in [0.25, 0.3) is 0 Å². The number of hydrogen-bond donors (Lipinski definition) is 3. The molecular weight excluding hydrogens is 338 g/mol. The van der Waals surface area contributed by atoms with Crippen LogP contribution in [0.4, 0.5) is 0 Å². The number of benzene rings is 1. The van der Waals surface area contributed by atoms with Gasteiger partial charge in [0.15, 0.2) is 5.78 Å². The summed E-state index contributed by atoms with van der Waals surface area (Å²) in [4.78, 5) is 12.3. The molecule has 2 fully saturated rings. The third-order valence-electron chi connectivity index (χ3n) is 4.80. The van der Waals surface area contributed by atoms with E-state index in [4.69, 9.17) is 27.5 Å². The van der Waals surface area contributed by atoms with Crippen molar-refractivity contribution in [3.8, 4) is 0 Å². The van der Waals surface area contributed by atoms with Crippen molar-refractivity contribution in [1.29, 1.82) is 5.41 Å². The van der Waals surface area contributed by atoms with Gasteiger partial charge in [-0.25, -0.2) is 0 Å². The van der Waals surface area contributed by atoms with Crippen LogP contribution < -0.4 is 11.1 Å². The first-order chi connectivity index (χ1) is 12.0. The minimum Gasteiger partial charge on any atom is -0.401 e. The summed E-state index contributed by atoms with van der Waals surface area (Å²) < 4.78 is 5.99. The zero-order chi connectivity index (χ0) is 18.0. The fourth-order valence-electron chi connectivity index (χ4n) is 3.44. The number of carbonyl (C=O) groups excluding carboxylic acids is 1. The van der Waals surface area contributed by atoms with Crippen LogP contribution in [0.2, 0.25) is 0 Å². The zero-order valence-electron chi connectivity index (χ0n) is 14.3. The van der Waals surface area contributed by atoms with Gasteiger partial charge in [0.2, 0.25) is 0 Å². The van der Waals surface area contributed by atoms with Crippen molar-refractivity contribution < 1.29 is 9.53 Å². The number of halogens is 1. The number of nitrogens with one attached hydrogen (secondary N) is 2. The number of allylic oxidation sites excluding steroid dienone is 2. The van der Waals surface area contributed by atoms with Gasteiger partial charge in [-0.05, 0) is 24.0 Å². The topological polar surface area (TPSA) is 88.2 Å². The second-order valence-electron chi connectivity index (χ2n) is 6.73. The molecule has 2 bridgehead atoms. The van der Waals surface area contributed by atoms with Crippen molar-refractivity contribution in [3.05, 3.63) is 46.1 Å². The maximum absolute atomic E-state index is 12.3. The van der Waals surface area contributed by atoms with Crippen LogP contribution in [0.25, 0.3) is 0 Å². The number of ether oxygens (including phenoxy) is 1. The summed E-state index contributed by atoms with van der Waals surface area (Å²) in [6.07, 6.45) is 3.02. The van der Waals surface area contributed by atoms with Gasteiger partial charge in [-0.15, -0.1) is 0 Å². The second kappa shape index (κ2) is 7.68. The first-order valence-electron chi connectivity index (χ1n) is 8.73. The molecule has 0 aromatic heterocycles. The third kappa shape index (κ3) is 3.94. The van der Waals surface area contributed by atoms with Crippen molar-refractivity contribution in [2.24, 2.45) is 5.73 Å². The maximum atomic E-state index is 12.3. The van der Waals surface area contributed by atoms with Gasteiger partial charge < -0.3 is 15.8 Å². The summed E-state index contributed by atoms with van der Waals surface area (Å²) in [5, 5.41) is 11.5. The van der Waals surface area contributed by atoms with Crippen LogP contribution in [-0.2, 0) is 16.0 Å². The number of morpholine rings is 1. The van der Waals surface area contributed by atoms with E-state index in [1.54, 1.807) is 0 Å². The molecule has 2 heterocycles. The molecule has 0 spiro atoms. The highest BCUT2D eigenvalue weighted by Crippen LogP contribution is 2.36. The van der Waals surface area contributed by atoms with E-state index in [9.17, 15) is 4.79 Å². The van der Waals surface area contributed by atoms with Crippen molar-refractivity contribution in [1.82, 2.24) is 5.32 Å². The SMILES string of the molecule is CCCC(N)=C(Cl)C(=N)C(=O)Cc1ccc([C@H]2O[C@@H]3CN[C@H]2C3)cc1. The number of fused-ring (bicyclic) bond motifs is 2. The largest absolute Gasteiger partial charge is 0.401 e. The van der Waals surface area contributed by atoms with Crippen LogP contribution in [0.3, 0.4) is 0 Å². The van der Waals surface area contributed by atoms with E-state index < -0.39 is 0 Å². The Hall–Kier alpha value is -1.69. The number of Topliss-reactive ketones (excluding diaryl/α,β-unsaturated/α-hetero) is 1. The lowest BCUT2D eigenvalue weighted by Gasteiger charge is -2.23. The molecule has 0 amide bonds. The van der Waals surface area contributed by atoms with E-state index in [0.717, 1.165) is 30.5 Å². The highest BCUT2D eigenvalue weighted by atomic mass is 35.5. The summed E-state index contributed by atoms with van der Waals surface area (Å²) in [6.45, 7) is 2.91. The standard InChI is InChI=1S/C19H24ClN3O2/c1-2-3-14(21)17(20)18(22)16(24)8-11-4-6-12(7-5-11)19-15-9-13(25-19)10-23-15/h4-7,13,15,19,22-23H,2-3,8-10,21H2,1H3/t13-,15-,19+/m0/s1. The Balaban J connectivity index is 1.62. The van der Waals surface area contributed by atoms with Crippen molar-refractivity contribution in [2.45, 2.75) is 50.9 Å². The monoisotopic (exact) mass is 361 g/mol. The van der Waals surface area contributed by atoms with Gasteiger partial charge in [-0.2, -0.15) is 0 Å². The molecule has 0 radical (unpaired) electrons. The normalized spacial score (nSPS) is 25.8. The van der Waals surface area contributed by atoms with Crippen molar-refractivity contribution in [2.75, 3.05) is 6.54 Å². The summed E-state index contributed by atoms with van der Waals surface area (Å²) in [5.41, 5.74) is 7.98. The van der Waals surface area contributed by atoms with Gasteiger partial charge in [-0.1, -0.05) is 49.2 Å². The number of hydrogen-bond acceptors (Lipinski definition) is 5. The number of ketones is 1. The van der Waals surface area contributed by atoms with Crippen molar-refractivity contribution in [3.63, 3.8) is 0 Å². The van der Waals surface area contributed by atoms with Crippen LogP contribution in [-0.4, -0.2) is 30.2 Å². The third-order valence-corrected chi connectivity index (χ3v) is 5.23. The Bertz CT molecular complexity index is 699. The van der Waals surface area contributed by atoms with Gasteiger partial charge in [0, 0.05) is 24.7 Å². The molecule has 0 saturated carbocycles. The zero-order valence-corrected chi connectivity index (χ0v) is 15.1. The highest BCUT2D eigenvalue weighted by Gasteiger charge is 2.41. The molecule has 1 aromatic carbocycles. The van der Waals surface area contributed by atoms with Crippen LogP contribution in [0, 0.1) is 5.41 Å². The van der Waals surface area contributed by atoms with Crippen LogP contribution in [0.1, 0.15) is 43.4 Å². The molecule has 2 aliphatic heterocycles. The van der Waals surface area contributed by atoms with Gasteiger partial charge >= 0.3 is 0 Å². The van der Waals surface area contributed by atoms with Crippen LogP contribution in [0.5, 0.6) is 0 Å². The van der Waals surface area contributed by atoms with Gasteiger partial charge in [0.1, 0.15) is 5.71 Å². The Morgan fingerprint density at radius 2 is 2.12 bits per heavy atom. The van der Waals surface area contributed by atoms with Gasteiger partial charge in [-0.3, -0.25) is 10.2 Å². The van der Waals surface area contributed by atoms with E-state index in [0.29, 0.717) is 24.3 Å². The highest BCUT2D eigenvalue weighted by molar-refractivity contribution is 6.59. The Morgan fingerprint density at radius 1 is 1.40 bits per heavy atom. The molecule has 0 unspecified atom stereocenters. The molecule has 2 saturated heterocycles. The minimum atomic E-state index is -0.324. The lowest BCUT2D eigenvalue weighted by Crippen LogP contribution is -2.33. The molecule has 25 heavy (non-hydrogen) atoms. The predicted octanol–water partition coefficient (Wildman–Crippen LogP) is 2.83. The van der Waals surface area contributed by atoms with E-state index in [-0.39, 0.29) is 29.1 Å². The lowest BCUT2D eigenvalue weighted by molar-refractivity contribution is -0.112. The Morgan fingerprint density at radius 3 is 2.68 bits per heavy atom.